The minimum Gasteiger partial charge on any atom is -0.456 e. The number of nitrogens with zero attached hydrogens (tertiary/aromatic N) is 1. The molecule has 0 aromatic carbocycles. The molecule has 0 radical (unpaired) electrons. The molecule has 0 spiro atoms. The predicted molar refractivity (Wildman–Crippen MR) is 347 cm³/mol. The first-order chi connectivity index (χ1) is 38.9. The van der Waals surface area contributed by atoms with Crippen LogP contribution in [0.3, 0.4) is 0 Å². The van der Waals surface area contributed by atoms with Crippen molar-refractivity contribution < 1.29 is 37.3 Å². The van der Waals surface area contributed by atoms with Gasteiger partial charge in [-0.05, 0) is 31.8 Å². The molecule has 80 heavy (non-hydrogen) atoms. The molecule has 0 heterocycles. The number of hydrogen-bond donors (Lipinski definition) is 2. The van der Waals surface area contributed by atoms with E-state index in [1.165, 1.54) is 283 Å². The van der Waals surface area contributed by atoms with Crippen molar-refractivity contribution >= 4 is 19.7 Å². The Kier molecular flexibility index (Phi) is 59.9. The number of likely N-dealkylation sites (N-methyl/N-ethyl adjacent to an activating group) is 1. The van der Waals surface area contributed by atoms with Gasteiger partial charge in [-0.1, -0.05) is 341 Å². The Balaban J connectivity index is 4.95. The number of carbonyl (C=O) groups excluding carboxylic acids is 2. The fourth-order valence-electron chi connectivity index (χ4n) is 11.0. The van der Waals surface area contributed by atoms with Gasteiger partial charge in [-0.2, -0.15) is 0 Å². The first-order valence-electron chi connectivity index (χ1n) is 35.5. The van der Waals surface area contributed by atoms with Crippen molar-refractivity contribution in [2.45, 2.75) is 386 Å². The van der Waals surface area contributed by atoms with Gasteiger partial charge in [-0.25, -0.2) is 4.57 Å². The van der Waals surface area contributed by atoms with Gasteiger partial charge in [-0.15, -0.1) is 0 Å². The van der Waals surface area contributed by atoms with Crippen LogP contribution in [0.2, 0.25) is 0 Å². The topological polar surface area (TPSA) is 111 Å². The summed E-state index contributed by atoms with van der Waals surface area (Å²) >= 11 is 0. The number of esters is 1. The van der Waals surface area contributed by atoms with E-state index >= 15 is 0 Å². The maximum Gasteiger partial charge on any atom is 0.472 e. The summed E-state index contributed by atoms with van der Waals surface area (Å²) in [5, 5.41) is 3.08. The SMILES string of the molecule is CCCCCCCCCCCCC/C=C\C(OC(=O)CCCCCCCCCCCCCCCC)C(COP(=O)(O)OCC[N+](C)(C)C)NC(=O)CCCCCCCCCCCCCCCCCCCCCCCCCCCCC. The van der Waals surface area contributed by atoms with E-state index in [0.29, 0.717) is 23.9 Å². The van der Waals surface area contributed by atoms with Crippen molar-refractivity contribution in [1.29, 1.82) is 0 Å². The molecule has 0 saturated carbocycles. The zero-order chi connectivity index (χ0) is 58.6. The number of carbonyl (C=O) groups is 2. The van der Waals surface area contributed by atoms with Crippen LogP contribution in [0.15, 0.2) is 12.2 Å². The Morgan fingerprint density at radius 2 is 0.713 bits per heavy atom. The minimum absolute atomic E-state index is 0.0460. The molecule has 2 N–H and O–H groups in total. The largest absolute Gasteiger partial charge is 0.472 e. The molecule has 0 bridgehead atoms. The number of ether oxygens (including phenoxy) is 1. The summed E-state index contributed by atoms with van der Waals surface area (Å²) in [4.78, 5) is 37.8. The van der Waals surface area contributed by atoms with E-state index in [-0.39, 0.29) is 25.1 Å². The molecule has 10 heteroatoms. The molecular weight excluding hydrogens is 1010 g/mol. The summed E-state index contributed by atoms with van der Waals surface area (Å²) in [6.07, 6.45) is 72.3. The summed E-state index contributed by atoms with van der Waals surface area (Å²) in [5.41, 5.74) is 0. The summed E-state index contributed by atoms with van der Waals surface area (Å²) < 4.78 is 30.8. The highest BCUT2D eigenvalue weighted by Crippen LogP contribution is 2.43. The lowest BCUT2D eigenvalue weighted by atomic mass is 10.0. The number of phosphoric acid groups is 1. The minimum atomic E-state index is -4.44. The molecule has 0 fully saturated rings. The molecular formula is C70H140N2O7P+. The maximum absolute atomic E-state index is 13.6. The van der Waals surface area contributed by atoms with Gasteiger partial charge in [0.05, 0.1) is 33.8 Å². The zero-order valence-electron chi connectivity index (χ0n) is 54.6. The van der Waals surface area contributed by atoms with Gasteiger partial charge in [0.15, 0.2) is 0 Å². The molecule has 1 amide bonds. The van der Waals surface area contributed by atoms with E-state index in [4.69, 9.17) is 13.8 Å². The Morgan fingerprint density at radius 1 is 0.425 bits per heavy atom. The van der Waals surface area contributed by atoms with Crippen molar-refractivity contribution in [3.8, 4) is 0 Å². The fourth-order valence-corrected chi connectivity index (χ4v) is 11.7. The number of rotatable bonds is 66. The van der Waals surface area contributed by atoms with E-state index in [1.807, 2.05) is 27.2 Å². The predicted octanol–water partition coefficient (Wildman–Crippen LogP) is 22.3. The highest BCUT2D eigenvalue weighted by atomic mass is 31.2. The molecule has 3 atom stereocenters. The van der Waals surface area contributed by atoms with Crippen LogP contribution in [-0.4, -0.2) is 74.3 Å². The first kappa shape index (κ1) is 78.8. The van der Waals surface area contributed by atoms with Crippen molar-refractivity contribution in [2.75, 3.05) is 40.9 Å². The number of phosphoric ester groups is 1. The number of quaternary nitrogens is 1. The fraction of sp³-hybridized carbons (Fsp3) is 0.943. The zero-order valence-corrected chi connectivity index (χ0v) is 55.5. The number of amides is 1. The lowest BCUT2D eigenvalue weighted by Gasteiger charge is -2.27. The second-order valence-electron chi connectivity index (χ2n) is 25.8. The van der Waals surface area contributed by atoms with Gasteiger partial charge in [0.1, 0.15) is 19.3 Å². The second kappa shape index (κ2) is 60.9. The van der Waals surface area contributed by atoms with Crippen LogP contribution in [-0.2, 0) is 27.9 Å². The molecule has 0 aromatic heterocycles. The van der Waals surface area contributed by atoms with Crippen LogP contribution >= 0.6 is 7.82 Å². The Morgan fingerprint density at radius 3 is 1.02 bits per heavy atom. The first-order valence-corrected chi connectivity index (χ1v) is 37.0. The van der Waals surface area contributed by atoms with Crippen LogP contribution in [0.4, 0.5) is 0 Å². The van der Waals surface area contributed by atoms with Crippen molar-refractivity contribution in [1.82, 2.24) is 5.32 Å². The monoisotopic (exact) mass is 1150 g/mol. The van der Waals surface area contributed by atoms with Crippen molar-refractivity contribution in [3.63, 3.8) is 0 Å². The molecule has 476 valence electrons. The van der Waals surface area contributed by atoms with Gasteiger partial charge < -0.3 is 19.4 Å². The summed E-state index contributed by atoms with van der Waals surface area (Å²) in [5.74, 6) is -0.479. The molecule has 0 aliphatic heterocycles. The van der Waals surface area contributed by atoms with Gasteiger partial charge in [-0.3, -0.25) is 18.6 Å². The average Bonchev–Trinajstić information content (AvgIpc) is 3.42. The van der Waals surface area contributed by atoms with Crippen molar-refractivity contribution in [2.24, 2.45) is 0 Å². The van der Waals surface area contributed by atoms with Crippen LogP contribution < -0.4 is 5.32 Å². The van der Waals surface area contributed by atoms with E-state index in [2.05, 4.69) is 32.2 Å². The smallest absolute Gasteiger partial charge is 0.456 e. The number of allylic oxidation sites excluding steroid dienone is 1. The molecule has 0 aliphatic rings. The third-order valence-electron chi connectivity index (χ3n) is 16.5. The summed E-state index contributed by atoms with van der Waals surface area (Å²) in [7, 11) is 1.52. The molecule has 3 unspecified atom stereocenters. The molecule has 0 saturated heterocycles. The van der Waals surface area contributed by atoms with E-state index in [0.717, 1.165) is 57.8 Å². The lowest BCUT2D eigenvalue weighted by Crippen LogP contribution is -2.47. The third kappa shape index (κ3) is 61.3. The van der Waals surface area contributed by atoms with Crippen molar-refractivity contribution in [3.05, 3.63) is 12.2 Å². The van der Waals surface area contributed by atoms with Crippen LogP contribution in [0.5, 0.6) is 0 Å². The Hall–Kier alpha value is -1.25. The van der Waals surface area contributed by atoms with Crippen LogP contribution in [0, 0.1) is 0 Å². The average molecular weight is 1150 g/mol. The molecule has 0 aromatic rings. The lowest BCUT2D eigenvalue weighted by molar-refractivity contribution is -0.870. The Bertz CT molecular complexity index is 1370. The Labute approximate surface area is 499 Å². The molecule has 0 aliphatic carbocycles. The molecule has 9 nitrogen and oxygen atoms in total. The van der Waals surface area contributed by atoms with Crippen LogP contribution in [0.1, 0.15) is 374 Å². The van der Waals surface area contributed by atoms with E-state index in [1.54, 1.807) is 0 Å². The summed E-state index contributed by atoms with van der Waals surface area (Å²) in [6, 6.07) is -0.840. The highest BCUT2D eigenvalue weighted by Gasteiger charge is 2.30. The van der Waals surface area contributed by atoms with E-state index < -0.39 is 20.0 Å². The van der Waals surface area contributed by atoms with E-state index in [9.17, 15) is 19.0 Å². The number of hydrogen-bond acceptors (Lipinski definition) is 6. The summed E-state index contributed by atoms with van der Waals surface area (Å²) in [6.45, 7) is 7.09. The second-order valence-corrected chi connectivity index (χ2v) is 27.2. The van der Waals surface area contributed by atoms with Gasteiger partial charge in [0.2, 0.25) is 5.91 Å². The molecule has 0 rings (SSSR count). The maximum atomic E-state index is 13.6. The van der Waals surface area contributed by atoms with Gasteiger partial charge in [0.25, 0.3) is 0 Å². The quantitative estimate of drug-likeness (QED) is 0.0205. The standard InChI is InChI=1S/C70H139N2O7P/c1-7-10-13-16-19-22-25-28-30-31-32-33-34-35-36-37-38-39-40-41-42-44-47-50-53-56-59-62-69(73)71-67(66-78-80(75,76)77-65-64-72(4,5)6)68(61-58-55-52-49-46-43-27-24-21-18-15-12-9-3)79-70(74)63-60-57-54-51-48-45-29-26-23-20-17-14-11-8-2/h58,61,67-68H,7-57,59-60,62-66H2,1-6H3,(H-,71,73,75,76)/p+1/b61-58-. The van der Waals surface area contributed by atoms with Crippen LogP contribution in [0.25, 0.3) is 0 Å². The number of unbranched alkanes of at least 4 members (excludes halogenated alkanes) is 50. The van der Waals surface area contributed by atoms with Gasteiger partial charge >= 0.3 is 13.8 Å². The normalized spacial score (nSPS) is 13.5. The third-order valence-corrected chi connectivity index (χ3v) is 17.5. The van der Waals surface area contributed by atoms with Gasteiger partial charge in [0, 0.05) is 12.8 Å². The number of nitrogens with one attached hydrogen (secondary N) is 1. The highest BCUT2D eigenvalue weighted by molar-refractivity contribution is 7.47.